The summed E-state index contributed by atoms with van der Waals surface area (Å²) in [5, 5.41) is 4.98. The van der Waals surface area contributed by atoms with Crippen LogP contribution >= 0.6 is 27.3 Å². The number of halogens is 1. The first-order valence-electron chi connectivity index (χ1n) is 7.96. The van der Waals surface area contributed by atoms with Crippen LogP contribution in [0, 0.1) is 0 Å². The maximum Gasteiger partial charge on any atom is 0.250 e. The first-order valence-corrected chi connectivity index (χ1v) is 11.5. The second kappa shape index (κ2) is 8.29. The number of thiazole rings is 1. The van der Waals surface area contributed by atoms with Crippen molar-refractivity contribution < 1.29 is 17.6 Å². The van der Waals surface area contributed by atoms with Gasteiger partial charge < -0.3 is 4.42 Å². The number of nitrogens with zero attached hydrogens (tertiary/aromatic N) is 2. The number of benzene rings is 1. The third-order valence-electron chi connectivity index (χ3n) is 3.75. The van der Waals surface area contributed by atoms with Gasteiger partial charge in [-0.1, -0.05) is 12.1 Å². The van der Waals surface area contributed by atoms with Gasteiger partial charge in [-0.25, -0.2) is 13.4 Å². The molecular weight excluding hydrogens is 466 g/mol. The Hall–Kier alpha value is -2.43. The summed E-state index contributed by atoms with van der Waals surface area (Å²) in [7, 11) is -1.81. The van der Waals surface area contributed by atoms with Crippen molar-refractivity contribution in [3.8, 4) is 11.3 Å². The number of rotatable bonds is 6. The fourth-order valence-electron chi connectivity index (χ4n) is 2.22. The van der Waals surface area contributed by atoms with Crippen LogP contribution in [-0.2, 0) is 14.8 Å². The van der Waals surface area contributed by atoms with E-state index < -0.39 is 10.0 Å². The average molecular weight is 482 g/mol. The highest BCUT2D eigenvalue weighted by molar-refractivity contribution is 9.10. The van der Waals surface area contributed by atoms with Crippen molar-refractivity contribution in [1.29, 1.82) is 0 Å². The quantitative estimate of drug-likeness (QED) is 0.532. The van der Waals surface area contributed by atoms with E-state index in [2.05, 4.69) is 26.2 Å². The number of hydrogen-bond donors (Lipinski definition) is 1. The number of anilines is 2. The van der Waals surface area contributed by atoms with Crippen molar-refractivity contribution in [1.82, 2.24) is 4.98 Å². The smallest absolute Gasteiger partial charge is 0.250 e. The molecule has 0 spiro atoms. The zero-order chi connectivity index (χ0) is 20.3. The fourth-order valence-corrected chi connectivity index (χ4v) is 3.77. The first-order chi connectivity index (χ1) is 13.2. The van der Waals surface area contributed by atoms with Crippen molar-refractivity contribution in [2.75, 3.05) is 22.9 Å². The van der Waals surface area contributed by atoms with Crippen molar-refractivity contribution >= 4 is 60.1 Å². The normalized spacial score (nSPS) is 11.7. The van der Waals surface area contributed by atoms with E-state index in [-0.39, 0.29) is 5.91 Å². The molecule has 0 saturated heterocycles. The van der Waals surface area contributed by atoms with Crippen LogP contribution < -0.4 is 9.62 Å². The van der Waals surface area contributed by atoms with Crippen LogP contribution in [0.25, 0.3) is 17.3 Å². The second-order valence-electron chi connectivity index (χ2n) is 5.78. The lowest BCUT2D eigenvalue weighted by Crippen LogP contribution is -2.24. The maximum absolute atomic E-state index is 12.0. The summed E-state index contributed by atoms with van der Waals surface area (Å²) >= 11 is 4.50. The van der Waals surface area contributed by atoms with Crippen LogP contribution in [0.1, 0.15) is 5.76 Å². The zero-order valence-corrected chi connectivity index (χ0v) is 18.1. The number of carbonyl (C=O) groups excluding carboxylic acids is 1. The molecule has 0 bridgehead atoms. The van der Waals surface area contributed by atoms with Crippen molar-refractivity contribution in [2.24, 2.45) is 0 Å². The molecule has 0 saturated carbocycles. The van der Waals surface area contributed by atoms with Crippen LogP contribution in [0.4, 0.5) is 10.8 Å². The number of amides is 1. The van der Waals surface area contributed by atoms with Gasteiger partial charge in [-0.15, -0.1) is 11.3 Å². The number of furan rings is 1. The average Bonchev–Trinajstić information content (AvgIpc) is 3.28. The van der Waals surface area contributed by atoms with Crippen molar-refractivity contribution in [3.63, 3.8) is 0 Å². The number of aromatic nitrogens is 1. The monoisotopic (exact) mass is 481 g/mol. The lowest BCUT2D eigenvalue weighted by molar-refractivity contribution is -0.111. The van der Waals surface area contributed by atoms with Gasteiger partial charge >= 0.3 is 0 Å². The Kier molecular flexibility index (Phi) is 6.01. The SMILES string of the molecule is CN(c1ccc(-c2csc(NC(=O)/C=C/c3ccc(Br)o3)n2)cc1)S(C)(=O)=O. The topological polar surface area (TPSA) is 92.5 Å². The van der Waals surface area contributed by atoms with E-state index in [1.165, 1.54) is 28.8 Å². The van der Waals surface area contributed by atoms with Crippen molar-refractivity contribution in [2.45, 2.75) is 0 Å². The van der Waals surface area contributed by atoms with Gasteiger partial charge in [0, 0.05) is 24.1 Å². The van der Waals surface area contributed by atoms with E-state index in [0.29, 0.717) is 26.9 Å². The lowest BCUT2D eigenvalue weighted by atomic mass is 10.1. The highest BCUT2D eigenvalue weighted by Crippen LogP contribution is 2.27. The van der Waals surface area contributed by atoms with Crippen molar-refractivity contribution in [3.05, 3.63) is 58.3 Å². The van der Waals surface area contributed by atoms with E-state index in [1.54, 1.807) is 42.5 Å². The maximum atomic E-state index is 12.0. The van der Waals surface area contributed by atoms with Gasteiger partial charge in [-0.05, 0) is 46.3 Å². The summed E-state index contributed by atoms with van der Waals surface area (Å²) in [5.74, 6) is 0.236. The Labute approximate surface area is 174 Å². The minimum absolute atomic E-state index is 0.321. The van der Waals surface area contributed by atoms with Crippen LogP contribution in [0.3, 0.4) is 0 Å². The summed E-state index contributed by atoms with van der Waals surface area (Å²) < 4.78 is 30.3. The van der Waals surface area contributed by atoms with Gasteiger partial charge in [0.05, 0.1) is 17.6 Å². The predicted molar refractivity (Wildman–Crippen MR) is 115 cm³/mol. The van der Waals surface area contributed by atoms with Gasteiger partial charge in [0.2, 0.25) is 15.9 Å². The molecule has 0 radical (unpaired) electrons. The molecule has 1 N–H and O–H groups in total. The molecule has 0 atom stereocenters. The molecule has 0 aliphatic heterocycles. The molecule has 3 rings (SSSR count). The summed E-state index contributed by atoms with van der Waals surface area (Å²) in [6, 6.07) is 10.5. The zero-order valence-electron chi connectivity index (χ0n) is 14.9. The molecule has 146 valence electrons. The number of carbonyl (C=O) groups is 1. The Morgan fingerprint density at radius 2 is 1.96 bits per heavy atom. The number of hydrogen-bond acceptors (Lipinski definition) is 6. The summed E-state index contributed by atoms with van der Waals surface area (Å²) in [4.78, 5) is 16.4. The molecule has 2 heterocycles. The van der Waals surface area contributed by atoms with Gasteiger partial charge in [0.25, 0.3) is 0 Å². The molecule has 10 heteroatoms. The van der Waals surface area contributed by atoms with Crippen LogP contribution in [0.15, 0.2) is 56.9 Å². The lowest BCUT2D eigenvalue weighted by Gasteiger charge is -2.16. The fraction of sp³-hybridized carbons (Fsp3) is 0.111. The van der Waals surface area contributed by atoms with E-state index in [4.69, 9.17) is 4.42 Å². The summed E-state index contributed by atoms with van der Waals surface area (Å²) in [6.45, 7) is 0. The third kappa shape index (κ3) is 5.09. The predicted octanol–water partition coefficient (Wildman–Crippen LogP) is 4.21. The molecule has 0 aliphatic rings. The molecular formula is C18H16BrN3O4S2. The molecule has 7 nitrogen and oxygen atoms in total. The van der Waals surface area contributed by atoms with E-state index in [0.717, 1.165) is 11.8 Å². The van der Waals surface area contributed by atoms with Crippen LogP contribution in [0.5, 0.6) is 0 Å². The van der Waals surface area contributed by atoms with Crippen LogP contribution in [0.2, 0.25) is 0 Å². The number of nitrogens with one attached hydrogen (secondary N) is 1. The minimum Gasteiger partial charge on any atom is -0.450 e. The standard InChI is InChI=1S/C18H16BrN3O4S2/c1-22(28(2,24)25)13-5-3-12(4-6-13)15-11-27-18(20-15)21-17(23)10-8-14-7-9-16(19)26-14/h3-11H,1-2H3,(H,20,21,23)/b10-8+. The van der Waals surface area contributed by atoms with Crippen LogP contribution in [-0.4, -0.2) is 32.6 Å². The Balaban J connectivity index is 1.66. The third-order valence-corrected chi connectivity index (χ3v) is 6.14. The van der Waals surface area contributed by atoms with Gasteiger partial charge in [0.15, 0.2) is 9.80 Å². The van der Waals surface area contributed by atoms with Gasteiger partial charge in [-0.3, -0.25) is 14.4 Å². The van der Waals surface area contributed by atoms with E-state index in [9.17, 15) is 13.2 Å². The molecule has 1 amide bonds. The Morgan fingerprint density at radius 1 is 1.25 bits per heavy atom. The summed E-state index contributed by atoms with van der Waals surface area (Å²) in [5.41, 5.74) is 2.07. The van der Waals surface area contributed by atoms with Gasteiger partial charge in [-0.2, -0.15) is 0 Å². The molecule has 3 aromatic rings. The molecule has 2 aromatic heterocycles. The minimum atomic E-state index is -3.31. The molecule has 1 aromatic carbocycles. The Morgan fingerprint density at radius 3 is 2.57 bits per heavy atom. The molecule has 28 heavy (non-hydrogen) atoms. The molecule has 0 fully saturated rings. The first kappa shape index (κ1) is 20.3. The van der Waals surface area contributed by atoms with E-state index >= 15 is 0 Å². The molecule has 0 aliphatic carbocycles. The number of sulfonamides is 1. The summed E-state index contributed by atoms with van der Waals surface area (Å²) in [6.07, 6.45) is 4.07. The van der Waals surface area contributed by atoms with Gasteiger partial charge in [0.1, 0.15) is 5.76 Å². The molecule has 0 unspecified atom stereocenters. The Bertz CT molecular complexity index is 1120. The van der Waals surface area contributed by atoms with E-state index in [1.807, 2.05) is 5.38 Å². The largest absolute Gasteiger partial charge is 0.450 e. The highest BCUT2D eigenvalue weighted by atomic mass is 79.9. The highest BCUT2D eigenvalue weighted by Gasteiger charge is 2.12. The second-order valence-corrected chi connectivity index (χ2v) is 9.43.